The third-order valence-corrected chi connectivity index (χ3v) is 5.90. The van der Waals surface area contributed by atoms with E-state index in [0.29, 0.717) is 24.9 Å². The van der Waals surface area contributed by atoms with Gasteiger partial charge in [-0.25, -0.2) is 0 Å². The Morgan fingerprint density at radius 3 is 2.48 bits per heavy atom. The quantitative estimate of drug-likeness (QED) is 0.862. The van der Waals surface area contributed by atoms with Crippen LogP contribution in [0.1, 0.15) is 57.8 Å². The Morgan fingerprint density at radius 1 is 1.00 bits per heavy atom. The molecule has 1 unspecified atom stereocenters. The standard InChI is InChI=1S/C17H31N3O/c18-13-15(12-17(21)19-9-3-4-10-19)20-11-5-7-14-6-1-2-8-16(14)20/h14-16H,1-13,18H2/t14-,15?,16-/m1/s1. The predicted octanol–water partition coefficient (Wildman–Crippen LogP) is 1.98. The average Bonchev–Trinajstić information content (AvgIpc) is 3.06. The first-order valence-corrected chi connectivity index (χ1v) is 9.03. The third-order valence-electron chi connectivity index (χ3n) is 5.90. The minimum absolute atomic E-state index is 0.268. The molecule has 2 aliphatic heterocycles. The smallest absolute Gasteiger partial charge is 0.224 e. The Bertz CT molecular complexity index is 352. The highest BCUT2D eigenvalue weighted by Crippen LogP contribution is 2.36. The maximum atomic E-state index is 12.5. The lowest BCUT2D eigenvalue weighted by molar-refractivity contribution is -0.132. The highest BCUT2D eigenvalue weighted by atomic mass is 16.2. The molecule has 0 aromatic carbocycles. The van der Waals surface area contributed by atoms with Crippen LogP contribution < -0.4 is 5.73 Å². The van der Waals surface area contributed by atoms with Crippen LogP contribution in [0.15, 0.2) is 0 Å². The van der Waals surface area contributed by atoms with Gasteiger partial charge in [0.05, 0.1) is 0 Å². The van der Waals surface area contributed by atoms with Gasteiger partial charge in [-0.1, -0.05) is 12.8 Å². The lowest BCUT2D eigenvalue weighted by Crippen LogP contribution is -2.55. The molecule has 2 heterocycles. The van der Waals surface area contributed by atoms with Gasteiger partial charge in [0.1, 0.15) is 0 Å². The summed E-state index contributed by atoms with van der Waals surface area (Å²) in [5.74, 6) is 1.20. The van der Waals surface area contributed by atoms with Crippen molar-refractivity contribution in [2.45, 2.75) is 69.9 Å². The van der Waals surface area contributed by atoms with Crippen LogP contribution >= 0.6 is 0 Å². The van der Waals surface area contributed by atoms with Crippen molar-refractivity contribution >= 4 is 5.91 Å². The Morgan fingerprint density at radius 2 is 1.71 bits per heavy atom. The number of hydrogen-bond acceptors (Lipinski definition) is 3. The molecule has 0 radical (unpaired) electrons. The molecule has 1 amide bonds. The molecule has 3 rings (SSSR count). The Hall–Kier alpha value is -0.610. The Labute approximate surface area is 129 Å². The molecule has 4 nitrogen and oxygen atoms in total. The lowest BCUT2D eigenvalue weighted by atomic mass is 9.77. The summed E-state index contributed by atoms with van der Waals surface area (Å²) in [5, 5.41) is 0. The van der Waals surface area contributed by atoms with Crippen molar-refractivity contribution in [3.8, 4) is 0 Å². The van der Waals surface area contributed by atoms with E-state index in [4.69, 9.17) is 5.73 Å². The van der Waals surface area contributed by atoms with Crippen LogP contribution in [-0.2, 0) is 4.79 Å². The van der Waals surface area contributed by atoms with Crippen LogP contribution in [0.25, 0.3) is 0 Å². The number of rotatable bonds is 4. The predicted molar refractivity (Wildman–Crippen MR) is 85.0 cm³/mol. The van der Waals surface area contributed by atoms with E-state index in [9.17, 15) is 4.79 Å². The number of carbonyl (C=O) groups is 1. The second-order valence-electron chi connectivity index (χ2n) is 7.17. The first-order chi connectivity index (χ1) is 10.3. The summed E-state index contributed by atoms with van der Waals surface area (Å²) in [6.45, 7) is 3.70. The van der Waals surface area contributed by atoms with Gasteiger partial charge in [0.15, 0.2) is 0 Å². The van der Waals surface area contributed by atoms with Gasteiger partial charge in [0.2, 0.25) is 5.91 Å². The summed E-state index contributed by atoms with van der Waals surface area (Å²) in [6, 6.07) is 0.969. The summed E-state index contributed by atoms with van der Waals surface area (Å²) < 4.78 is 0. The Balaban J connectivity index is 1.62. The zero-order chi connectivity index (χ0) is 14.7. The second-order valence-corrected chi connectivity index (χ2v) is 7.17. The molecule has 2 N–H and O–H groups in total. The number of hydrogen-bond donors (Lipinski definition) is 1. The van der Waals surface area contributed by atoms with Crippen LogP contribution in [-0.4, -0.2) is 54.0 Å². The van der Waals surface area contributed by atoms with Gasteiger partial charge in [-0.3, -0.25) is 9.69 Å². The first kappa shape index (κ1) is 15.3. The van der Waals surface area contributed by atoms with Crippen molar-refractivity contribution in [3.63, 3.8) is 0 Å². The SMILES string of the molecule is NCC(CC(=O)N1CCCC1)N1CCC[C@H]2CCCC[C@H]21. The fraction of sp³-hybridized carbons (Fsp3) is 0.941. The summed E-state index contributed by atoms with van der Waals surface area (Å²) in [5.41, 5.74) is 6.06. The summed E-state index contributed by atoms with van der Waals surface area (Å²) >= 11 is 0. The van der Waals surface area contributed by atoms with E-state index < -0.39 is 0 Å². The summed E-state index contributed by atoms with van der Waals surface area (Å²) in [6.07, 6.45) is 11.1. The van der Waals surface area contributed by atoms with Gasteiger partial charge in [-0.2, -0.15) is 0 Å². The topological polar surface area (TPSA) is 49.6 Å². The molecule has 4 heteroatoms. The third kappa shape index (κ3) is 3.42. The highest BCUT2D eigenvalue weighted by Gasteiger charge is 2.37. The molecule has 120 valence electrons. The highest BCUT2D eigenvalue weighted by molar-refractivity contribution is 5.77. The normalized spacial score (nSPS) is 32.0. The zero-order valence-electron chi connectivity index (χ0n) is 13.3. The molecule has 0 aromatic rings. The number of amides is 1. The first-order valence-electron chi connectivity index (χ1n) is 9.03. The lowest BCUT2D eigenvalue weighted by Gasteiger charge is -2.47. The van der Waals surface area contributed by atoms with Gasteiger partial charge in [0, 0.05) is 38.1 Å². The van der Waals surface area contributed by atoms with Crippen molar-refractivity contribution in [2.75, 3.05) is 26.2 Å². The van der Waals surface area contributed by atoms with Crippen LogP contribution in [0.4, 0.5) is 0 Å². The molecule has 1 aliphatic carbocycles. The number of likely N-dealkylation sites (tertiary alicyclic amines) is 2. The van der Waals surface area contributed by atoms with Gasteiger partial charge < -0.3 is 10.6 Å². The van der Waals surface area contributed by atoms with Gasteiger partial charge >= 0.3 is 0 Å². The summed E-state index contributed by atoms with van der Waals surface area (Å²) in [4.78, 5) is 17.1. The number of carbonyl (C=O) groups excluding carboxylic acids is 1. The second kappa shape index (κ2) is 7.10. The zero-order valence-corrected chi connectivity index (χ0v) is 13.3. The van der Waals surface area contributed by atoms with Gasteiger partial charge in [-0.15, -0.1) is 0 Å². The average molecular weight is 293 g/mol. The van der Waals surface area contributed by atoms with E-state index >= 15 is 0 Å². The van der Waals surface area contributed by atoms with Crippen molar-refractivity contribution in [1.82, 2.24) is 9.80 Å². The number of nitrogens with zero attached hydrogens (tertiary/aromatic N) is 2. The van der Waals surface area contributed by atoms with Gasteiger partial charge in [0.25, 0.3) is 0 Å². The molecule has 21 heavy (non-hydrogen) atoms. The van der Waals surface area contributed by atoms with Crippen LogP contribution in [0.5, 0.6) is 0 Å². The number of nitrogens with two attached hydrogens (primary N) is 1. The van der Waals surface area contributed by atoms with Crippen molar-refractivity contribution in [1.29, 1.82) is 0 Å². The molecule has 2 saturated heterocycles. The minimum Gasteiger partial charge on any atom is -0.343 e. The molecule has 0 aromatic heterocycles. The van der Waals surface area contributed by atoms with Crippen LogP contribution in [0.3, 0.4) is 0 Å². The maximum Gasteiger partial charge on any atom is 0.224 e. The van der Waals surface area contributed by atoms with Crippen molar-refractivity contribution in [3.05, 3.63) is 0 Å². The minimum atomic E-state index is 0.268. The molecule has 3 fully saturated rings. The van der Waals surface area contributed by atoms with Crippen LogP contribution in [0.2, 0.25) is 0 Å². The Kier molecular flexibility index (Phi) is 5.17. The van der Waals surface area contributed by atoms with Crippen molar-refractivity contribution in [2.24, 2.45) is 11.7 Å². The monoisotopic (exact) mass is 293 g/mol. The maximum absolute atomic E-state index is 12.5. The molecule has 0 spiro atoms. The van der Waals surface area contributed by atoms with Crippen LogP contribution in [0, 0.1) is 5.92 Å². The van der Waals surface area contributed by atoms with E-state index in [1.54, 1.807) is 0 Å². The summed E-state index contributed by atoms with van der Waals surface area (Å²) in [7, 11) is 0. The van der Waals surface area contributed by atoms with Crippen molar-refractivity contribution < 1.29 is 4.79 Å². The molecule has 1 saturated carbocycles. The van der Waals surface area contributed by atoms with E-state index in [2.05, 4.69) is 4.90 Å². The molecular formula is C17H31N3O. The van der Waals surface area contributed by atoms with E-state index in [-0.39, 0.29) is 6.04 Å². The van der Waals surface area contributed by atoms with Gasteiger partial charge in [-0.05, 0) is 51.0 Å². The fourth-order valence-electron chi connectivity index (χ4n) is 4.75. The number of fused-ring (bicyclic) bond motifs is 1. The molecule has 0 bridgehead atoms. The largest absolute Gasteiger partial charge is 0.343 e. The molecule has 3 aliphatic rings. The van der Waals surface area contributed by atoms with E-state index in [1.165, 1.54) is 51.4 Å². The van der Waals surface area contributed by atoms with E-state index in [0.717, 1.165) is 25.6 Å². The molecule has 3 atom stereocenters. The number of piperidine rings is 1. The fourth-order valence-corrected chi connectivity index (χ4v) is 4.75. The molecular weight excluding hydrogens is 262 g/mol. The van der Waals surface area contributed by atoms with E-state index in [1.807, 2.05) is 4.90 Å².